The van der Waals surface area contributed by atoms with Crippen LogP contribution in [0.15, 0.2) is 42.5 Å². The van der Waals surface area contributed by atoms with Gasteiger partial charge in [-0.1, -0.05) is 25.1 Å². The maximum atomic E-state index is 12.3. The third-order valence-corrected chi connectivity index (χ3v) is 4.95. The SMILES string of the molecule is COc1cccc(OC)c1[C@@H]1C[C@@H](C)CN1Cc1ccc(OC(F)(F)F)cc1. The maximum absolute atomic E-state index is 12.3. The van der Waals surface area contributed by atoms with Crippen molar-refractivity contribution >= 4 is 0 Å². The molecule has 0 amide bonds. The molecule has 28 heavy (non-hydrogen) atoms. The van der Waals surface area contributed by atoms with Gasteiger partial charge in [-0.05, 0) is 42.2 Å². The molecule has 3 rings (SSSR count). The van der Waals surface area contributed by atoms with E-state index in [-0.39, 0.29) is 11.8 Å². The zero-order valence-electron chi connectivity index (χ0n) is 16.1. The van der Waals surface area contributed by atoms with Crippen LogP contribution < -0.4 is 14.2 Å². The van der Waals surface area contributed by atoms with Crippen molar-refractivity contribution in [2.45, 2.75) is 32.3 Å². The highest BCUT2D eigenvalue weighted by Crippen LogP contribution is 2.44. The second kappa shape index (κ2) is 8.31. The molecule has 1 aliphatic heterocycles. The number of alkyl halides is 3. The van der Waals surface area contributed by atoms with Crippen LogP contribution in [0.1, 0.15) is 30.5 Å². The Bertz CT molecular complexity index is 770. The highest BCUT2D eigenvalue weighted by atomic mass is 19.4. The Balaban J connectivity index is 1.82. The Morgan fingerprint density at radius 1 is 1.00 bits per heavy atom. The Hall–Kier alpha value is -2.41. The fraction of sp³-hybridized carbons (Fsp3) is 0.429. The first-order chi connectivity index (χ1) is 13.3. The van der Waals surface area contributed by atoms with Crippen LogP contribution in [-0.2, 0) is 6.54 Å². The Kier molecular flexibility index (Phi) is 6.03. The van der Waals surface area contributed by atoms with Gasteiger partial charge >= 0.3 is 6.36 Å². The minimum absolute atomic E-state index is 0.104. The second-order valence-electron chi connectivity index (χ2n) is 7.05. The zero-order chi connectivity index (χ0) is 20.3. The summed E-state index contributed by atoms with van der Waals surface area (Å²) in [5.41, 5.74) is 1.93. The average molecular weight is 395 g/mol. The summed E-state index contributed by atoms with van der Waals surface area (Å²) in [5.74, 6) is 1.82. The highest BCUT2D eigenvalue weighted by molar-refractivity contribution is 5.47. The van der Waals surface area contributed by atoms with E-state index in [1.807, 2.05) is 18.2 Å². The van der Waals surface area contributed by atoms with E-state index in [1.165, 1.54) is 12.1 Å². The van der Waals surface area contributed by atoms with Crippen molar-refractivity contribution in [2.75, 3.05) is 20.8 Å². The molecule has 0 unspecified atom stereocenters. The molecular weight excluding hydrogens is 371 g/mol. The summed E-state index contributed by atoms with van der Waals surface area (Å²) in [5, 5.41) is 0. The van der Waals surface area contributed by atoms with E-state index >= 15 is 0 Å². The summed E-state index contributed by atoms with van der Waals surface area (Å²) in [7, 11) is 3.28. The molecule has 0 radical (unpaired) electrons. The largest absolute Gasteiger partial charge is 0.573 e. The molecule has 0 aromatic heterocycles. The standard InChI is InChI=1S/C21H24F3NO3/c1-14-11-17(20-18(26-2)5-4-6-19(20)27-3)25(12-14)13-15-7-9-16(10-8-15)28-21(22,23)24/h4-10,14,17H,11-13H2,1-3H3/t14-,17+/m1/s1. The Morgan fingerprint density at radius 3 is 2.14 bits per heavy atom. The molecule has 0 spiro atoms. The third kappa shape index (κ3) is 4.70. The van der Waals surface area contributed by atoms with Crippen LogP contribution in [0.3, 0.4) is 0 Å². The maximum Gasteiger partial charge on any atom is 0.573 e. The second-order valence-corrected chi connectivity index (χ2v) is 7.05. The van der Waals surface area contributed by atoms with E-state index in [0.717, 1.165) is 35.6 Å². The summed E-state index contributed by atoms with van der Waals surface area (Å²) in [6.07, 6.45) is -3.73. The van der Waals surface area contributed by atoms with Crippen molar-refractivity contribution in [1.29, 1.82) is 0 Å². The molecule has 0 N–H and O–H groups in total. The number of methoxy groups -OCH3 is 2. The molecule has 152 valence electrons. The lowest BCUT2D eigenvalue weighted by Crippen LogP contribution is -2.24. The number of ether oxygens (including phenoxy) is 3. The summed E-state index contributed by atoms with van der Waals surface area (Å²) in [6, 6.07) is 11.9. The third-order valence-electron chi connectivity index (χ3n) is 4.95. The van der Waals surface area contributed by atoms with Crippen LogP contribution in [0.4, 0.5) is 13.2 Å². The molecule has 0 bridgehead atoms. The molecule has 0 aliphatic carbocycles. The van der Waals surface area contributed by atoms with Crippen LogP contribution in [0.2, 0.25) is 0 Å². The number of rotatable bonds is 6. The predicted molar refractivity (Wildman–Crippen MR) is 99.6 cm³/mol. The zero-order valence-corrected chi connectivity index (χ0v) is 16.1. The summed E-state index contributed by atoms with van der Waals surface area (Å²) >= 11 is 0. The van der Waals surface area contributed by atoms with Crippen LogP contribution in [0.25, 0.3) is 0 Å². The predicted octanol–water partition coefficient (Wildman–Crippen LogP) is 5.19. The Labute approximate surface area is 162 Å². The van der Waals surface area contributed by atoms with Gasteiger partial charge in [0.15, 0.2) is 0 Å². The minimum atomic E-state index is -4.68. The minimum Gasteiger partial charge on any atom is -0.496 e. The molecule has 1 heterocycles. The van der Waals surface area contributed by atoms with Crippen LogP contribution in [0.5, 0.6) is 17.2 Å². The van der Waals surface area contributed by atoms with E-state index in [0.29, 0.717) is 12.5 Å². The van der Waals surface area contributed by atoms with Gasteiger partial charge < -0.3 is 14.2 Å². The van der Waals surface area contributed by atoms with Gasteiger partial charge in [0.05, 0.1) is 19.8 Å². The molecule has 7 heteroatoms. The normalized spacial score (nSPS) is 20.2. The number of likely N-dealkylation sites (tertiary alicyclic amines) is 1. The lowest BCUT2D eigenvalue weighted by Gasteiger charge is -2.27. The fourth-order valence-corrected chi connectivity index (χ4v) is 3.85. The van der Waals surface area contributed by atoms with Crippen LogP contribution >= 0.6 is 0 Å². The number of hydrogen-bond acceptors (Lipinski definition) is 4. The Morgan fingerprint density at radius 2 is 1.61 bits per heavy atom. The number of hydrogen-bond donors (Lipinski definition) is 0. The molecule has 1 saturated heterocycles. The van der Waals surface area contributed by atoms with Crippen molar-refractivity contribution in [3.8, 4) is 17.2 Å². The van der Waals surface area contributed by atoms with E-state index < -0.39 is 6.36 Å². The fourth-order valence-electron chi connectivity index (χ4n) is 3.85. The lowest BCUT2D eigenvalue weighted by molar-refractivity contribution is -0.274. The topological polar surface area (TPSA) is 30.9 Å². The molecule has 0 saturated carbocycles. The molecule has 2 atom stereocenters. The summed E-state index contributed by atoms with van der Waals surface area (Å²) < 4.78 is 52.1. The highest BCUT2D eigenvalue weighted by Gasteiger charge is 2.35. The number of halogens is 3. The van der Waals surface area contributed by atoms with Crippen molar-refractivity contribution in [3.05, 3.63) is 53.6 Å². The van der Waals surface area contributed by atoms with Crippen LogP contribution in [0, 0.1) is 5.92 Å². The van der Waals surface area contributed by atoms with Crippen molar-refractivity contribution in [2.24, 2.45) is 5.92 Å². The molecule has 2 aromatic carbocycles. The monoisotopic (exact) mass is 395 g/mol. The van der Waals surface area contributed by atoms with Crippen LogP contribution in [-0.4, -0.2) is 32.0 Å². The molecular formula is C21H24F3NO3. The van der Waals surface area contributed by atoms with Gasteiger partial charge in [0.1, 0.15) is 17.2 Å². The lowest BCUT2D eigenvalue weighted by atomic mass is 9.98. The van der Waals surface area contributed by atoms with Crippen molar-refractivity contribution in [3.63, 3.8) is 0 Å². The molecule has 1 aliphatic rings. The van der Waals surface area contributed by atoms with E-state index in [9.17, 15) is 13.2 Å². The van der Waals surface area contributed by atoms with Gasteiger partial charge in [-0.2, -0.15) is 0 Å². The smallest absolute Gasteiger partial charge is 0.496 e. The van der Waals surface area contributed by atoms with Crippen molar-refractivity contribution < 1.29 is 27.4 Å². The first-order valence-electron chi connectivity index (χ1n) is 9.10. The van der Waals surface area contributed by atoms with Gasteiger partial charge in [-0.3, -0.25) is 4.90 Å². The van der Waals surface area contributed by atoms with Gasteiger partial charge in [-0.25, -0.2) is 0 Å². The average Bonchev–Trinajstić information content (AvgIpc) is 3.01. The summed E-state index contributed by atoms with van der Waals surface area (Å²) in [6.45, 7) is 3.68. The van der Waals surface area contributed by atoms with Gasteiger partial charge in [0.25, 0.3) is 0 Å². The first kappa shape index (κ1) is 20.3. The van der Waals surface area contributed by atoms with Gasteiger partial charge in [0, 0.05) is 19.1 Å². The van der Waals surface area contributed by atoms with E-state index in [4.69, 9.17) is 9.47 Å². The molecule has 2 aromatic rings. The van der Waals surface area contributed by atoms with E-state index in [2.05, 4.69) is 16.6 Å². The van der Waals surface area contributed by atoms with Crippen molar-refractivity contribution in [1.82, 2.24) is 4.90 Å². The van der Waals surface area contributed by atoms with Gasteiger partial charge in [0.2, 0.25) is 0 Å². The quantitative estimate of drug-likeness (QED) is 0.674. The summed E-state index contributed by atoms with van der Waals surface area (Å²) in [4.78, 5) is 2.31. The first-order valence-corrected chi connectivity index (χ1v) is 9.10. The van der Waals surface area contributed by atoms with E-state index in [1.54, 1.807) is 26.4 Å². The number of benzene rings is 2. The molecule has 4 nitrogen and oxygen atoms in total. The number of nitrogens with zero attached hydrogens (tertiary/aromatic N) is 1. The van der Waals surface area contributed by atoms with Gasteiger partial charge in [-0.15, -0.1) is 13.2 Å². The molecule has 1 fully saturated rings.